The molecule has 0 fully saturated rings. The molecule has 0 spiro atoms. The van der Waals surface area contributed by atoms with Gasteiger partial charge in [0, 0.05) is 51.7 Å². The second-order valence-electron chi connectivity index (χ2n) is 9.53. The van der Waals surface area contributed by atoms with Crippen molar-refractivity contribution < 1.29 is 9.47 Å². The van der Waals surface area contributed by atoms with Crippen molar-refractivity contribution in [1.29, 1.82) is 0 Å². The molecular formula is C34H26N2O2. The third-order valence-corrected chi connectivity index (χ3v) is 7.34. The Kier molecular flexibility index (Phi) is 5.37. The minimum absolute atomic E-state index is 0.0799. The summed E-state index contributed by atoms with van der Waals surface area (Å²) in [6, 6.07) is 37.5. The molecule has 0 aliphatic heterocycles. The molecule has 0 atom stereocenters. The smallest absolute Gasteiger partial charge is 0.135 e. The second kappa shape index (κ2) is 9.16. The van der Waals surface area contributed by atoms with E-state index in [0.717, 1.165) is 39.2 Å². The maximum absolute atomic E-state index is 6.66. The molecule has 2 aromatic heterocycles. The lowest BCUT2D eigenvalue weighted by atomic mass is 9.84. The van der Waals surface area contributed by atoms with Crippen LogP contribution in [0.2, 0.25) is 0 Å². The Labute approximate surface area is 220 Å². The molecule has 0 bridgehead atoms. The van der Waals surface area contributed by atoms with Gasteiger partial charge in [-0.2, -0.15) is 0 Å². The summed E-state index contributed by atoms with van der Waals surface area (Å²) in [5.41, 5.74) is 5.67. The highest BCUT2D eigenvalue weighted by Gasteiger charge is 2.26. The van der Waals surface area contributed by atoms with Gasteiger partial charge in [0.15, 0.2) is 0 Å². The molecule has 0 amide bonds. The van der Waals surface area contributed by atoms with Gasteiger partial charge in [0.1, 0.15) is 17.2 Å². The molecular weight excluding hydrogens is 468 g/mol. The summed E-state index contributed by atoms with van der Waals surface area (Å²) >= 11 is 0. The lowest BCUT2D eigenvalue weighted by Gasteiger charge is -2.21. The molecule has 184 valence electrons. The van der Waals surface area contributed by atoms with Crippen molar-refractivity contribution in [2.24, 2.45) is 0 Å². The Balaban J connectivity index is 1.45. The summed E-state index contributed by atoms with van der Waals surface area (Å²) in [7, 11) is 1.69. The van der Waals surface area contributed by atoms with Crippen molar-refractivity contribution in [3.8, 4) is 17.2 Å². The Hall–Kier alpha value is -4.96. The van der Waals surface area contributed by atoms with E-state index in [1.54, 1.807) is 7.11 Å². The molecule has 7 aromatic rings. The van der Waals surface area contributed by atoms with Gasteiger partial charge in [-0.1, -0.05) is 72.8 Å². The standard InChI is InChI=1S/C34H26N2O2/c1-37-24-16-17-28(33(19-24)38-25-15-14-22-8-2-3-9-23(22)18-25)34(29-20-35-31-12-6-4-10-26(29)31)30-21-36-32-13-7-5-11-27(30)32/h2-21,34-36H,1H3. The minimum Gasteiger partial charge on any atom is -0.497 e. The van der Waals surface area contributed by atoms with Crippen LogP contribution in [0.1, 0.15) is 22.6 Å². The second-order valence-corrected chi connectivity index (χ2v) is 9.53. The van der Waals surface area contributed by atoms with Crippen LogP contribution in [0.4, 0.5) is 0 Å². The lowest BCUT2D eigenvalue weighted by Crippen LogP contribution is -2.05. The number of nitrogens with one attached hydrogen (secondary N) is 2. The van der Waals surface area contributed by atoms with E-state index in [4.69, 9.17) is 9.47 Å². The monoisotopic (exact) mass is 494 g/mol. The van der Waals surface area contributed by atoms with Crippen LogP contribution < -0.4 is 9.47 Å². The fraction of sp³-hybridized carbons (Fsp3) is 0.0588. The summed E-state index contributed by atoms with van der Waals surface area (Å²) < 4.78 is 12.3. The molecule has 2 heterocycles. The molecule has 0 saturated carbocycles. The zero-order valence-corrected chi connectivity index (χ0v) is 20.9. The van der Waals surface area contributed by atoms with E-state index in [0.29, 0.717) is 0 Å². The van der Waals surface area contributed by atoms with E-state index >= 15 is 0 Å². The van der Waals surface area contributed by atoms with Crippen LogP contribution in [0.25, 0.3) is 32.6 Å². The fourth-order valence-corrected chi connectivity index (χ4v) is 5.49. The number of ether oxygens (including phenoxy) is 2. The predicted octanol–water partition coefficient (Wildman–Crippen LogP) is 8.78. The van der Waals surface area contributed by atoms with Gasteiger partial charge in [0.05, 0.1) is 7.11 Å². The molecule has 4 heteroatoms. The number of para-hydroxylation sites is 2. The molecule has 0 aliphatic rings. The summed E-state index contributed by atoms with van der Waals surface area (Å²) in [6.45, 7) is 0. The maximum atomic E-state index is 6.66. The van der Waals surface area contributed by atoms with Crippen molar-refractivity contribution in [2.75, 3.05) is 7.11 Å². The molecule has 38 heavy (non-hydrogen) atoms. The molecule has 2 N–H and O–H groups in total. The van der Waals surface area contributed by atoms with Gasteiger partial charge in [-0.15, -0.1) is 0 Å². The number of aromatic amines is 2. The summed E-state index contributed by atoms with van der Waals surface area (Å²) in [4.78, 5) is 6.97. The first kappa shape index (κ1) is 22.3. The average molecular weight is 495 g/mol. The predicted molar refractivity (Wildman–Crippen MR) is 155 cm³/mol. The number of rotatable bonds is 6. The lowest BCUT2D eigenvalue weighted by molar-refractivity contribution is 0.408. The van der Waals surface area contributed by atoms with Crippen molar-refractivity contribution in [3.63, 3.8) is 0 Å². The molecule has 7 rings (SSSR count). The van der Waals surface area contributed by atoms with Crippen molar-refractivity contribution in [3.05, 3.63) is 138 Å². The molecule has 5 aromatic carbocycles. The van der Waals surface area contributed by atoms with Crippen molar-refractivity contribution in [1.82, 2.24) is 9.97 Å². The van der Waals surface area contributed by atoms with Crippen molar-refractivity contribution in [2.45, 2.75) is 5.92 Å². The van der Waals surface area contributed by atoms with E-state index in [-0.39, 0.29) is 5.92 Å². The number of benzene rings is 5. The Morgan fingerprint density at radius 2 is 1.16 bits per heavy atom. The van der Waals surface area contributed by atoms with Gasteiger partial charge in [-0.3, -0.25) is 0 Å². The number of hydrogen-bond acceptors (Lipinski definition) is 2. The zero-order chi connectivity index (χ0) is 25.5. The Morgan fingerprint density at radius 1 is 0.553 bits per heavy atom. The molecule has 0 aliphatic carbocycles. The Morgan fingerprint density at radius 3 is 1.84 bits per heavy atom. The first-order valence-corrected chi connectivity index (χ1v) is 12.7. The maximum Gasteiger partial charge on any atom is 0.135 e. The SMILES string of the molecule is COc1ccc(C(c2c[nH]c3ccccc23)c2c[nH]c3ccccc23)c(Oc2ccc3ccccc3c2)c1. The van der Waals surface area contributed by atoms with E-state index in [1.807, 2.05) is 24.3 Å². The van der Waals surface area contributed by atoms with Gasteiger partial charge in [-0.25, -0.2) is 0 Å². The highest BCUT2D eigenvalue weighted by molar-refractivity contribution is 5.89. The number of H-pyrrole nitrogens is 2. The first-order chi connectivity index (χ1) is 18.8. The van der Waals surface area contributed by atoms with Gasteiger partial charge in [0.25, 0.3) is 0 Å². The van der Waals surface area contributed by atoms with Crippen LogP contribution >= 0.6 is 0 Å². The third-order valence-electron chi connectivity index (χ3n) is 7.34. The number of fused-ring (bicyclic) bond motifs is 3. The topological polar surface area (TPSA) is 50.0 Å². The van der Waals surface area contributed by atoms with Gasteiger partial charge >= 0.3 is 0 Å². The first-order valence-electron chi connectivity index (χ1n) is 12.7. The van der Waals surface area contributed by atoms with Gasteiger partial charge < -0.3 is 19.4 Å². The molecule has 4 nitrogen and oxygen atoms in total. The number of methoxy groups -OCH3 is 1. The minimum atomic E-state index is -0.0799. The van der Waals surface area contributed by atoms with E-state index in [1.165, 1.54) is 27.3 Å². The van der Waals surface area contributed by atoms with Crippen LogP contribution in [0, 0.1) is 0 Å². The van der Waals surface area contributed by atoms with Crippen LogP contribution in [0.3, 0.4) is 0 Å². The molecule has 0 radical (unpaired) electrons. The Bertz CT molecular complexity index is 1840. The zero-order valence-electron chi connectivity index (χ0n) is 20.9. The molecule has 0 unspecified atom stereocenters. The van der Waals surface area contributed by atoms with E-state index in [9.17, 15) is 0 Å². The summed E-state index contributed by atoms with van der Waals surface area (Å²) in [6.07, 6.45) is 4.25. The van der Waals surface area contributed by atoms with Gasteiger partial charge in [0.2, 0.25) is 0 Å². The summed E-state index contributed by atoms with van der Waals surface area (Å²) in [5, 5.41) is 4.70. The largest absolute Gasteiger partial charge is 0.497 e. The highest BCUT2D eigenvalue weighted by atomic mass is 16.5. The third kappa shape index (κ3) is 3.78. The van der Waals surface area contributed by atoms with Crippen LogP contribution in [-0.2, 0) is 0 Å². The van der Waals surface area contributed by atoms with Crippen molar-refractivity contribution >= 4 is 32.6 Å². The molecule has 0 saturated heterocycles. The van der Waals surface area contributed by atoms with Gasteiger partial charge in [-0.05, 0) is 52.2 Å². The normalized spacial score (nSPS) is 11.5. The van der Waals surface area contributed by atoms with Crippen LogP contribution in [0.15, 0.2) is 122 Å². The highest BCUT2D eigenvalue weighted by Crippen LogP contribution is 2.44. The fourth-order valence-electron chi connectivity index (χ4n) is 5.49. The summed E-state index contributed by atoms with van der Waals surface area (Å²) in [5.74, 6) is 2.22. The number of aromatic nitrogens is 2. The van der Waals surface area contributed by atoms with E-state index in [2.05, 4.69) is 107 Å². The average Bonchev–Trinajstić information content (AvgIpc) is 3.59. The van der Waals surface area contributed by atoms with E-state index < -0.39 is 0 Å². The quantitative estimate of drug-likeness (QED) is 0.243. The van der Waals surface area contributed by atoms with Crippen LogP contribution in [-0.4, -0.2) is 17.1 Å². The van der Waals surface area contributed by atoms with Crippen LogP contribution in [0.5, 0.6) is 17.2 Å². The number of hydrogen-bond donors (Lipinski definition) is 2.